The smallest absolute Gasteiger partial charge is 0.170 e. The summed E-state index contributed by atoms with van der Waals surface area (Å²) in [5.74, 6) is -1.38. The highest BCUT2D eigenvalue weighted by atomic mass is 19.4. The van der Waals surface area contributed by atoms with E-state index in [9.17, 15) is 13.2 Å². The van der Waals surface area contributed by atoms with Gasteiger partial charge in [0, 0.05) is 0 Å². The van der Waals surface area contributed by atoms with E-state index in [0.29, 0.717) is 11.1 Å². The van der Waals surface area contributed by atoms with Gasteiger partial charge >= 0.3 is 6.18 Å². The Morgan fingerprint density at radius 1 is 1.15 bits per heavy atom. The lowest BCUT2D eigenvalue weighted by molar-refractivity contribution is -0.146. The van der Waals surface area contributed by atoms with Crippen molar-refractivity contribution in [1.29, 1.82) is 0 Å². The van der Waals surface area contributed by atoms with Crippen LogP contribution >= 0.6 is 0 Å². The van der Waals surface area contributed by atoms with Gasteiger partial charge in [-0.3, -0.25) is 0 Å². The third-order valence-electron chi connectivity index (χ3n) is 2.15. The topological polar surface area (TPSA) is 0 Å². The van der Waals surface area contributed by atoms with Gasteiger partial charge in [0.15, 0.2) is 0 Å². The summed E-state index contributed by atoms with van der Waals surface area (Å²) in [5, 5.41) is 0. The number of benzene rings is 1. The average molecular weight is 188 g/mol. The van der Waals surface area contributed by atoms with Gasteiger partial charge in [0.1, 0.15) is 0 Å². The Bertz CT molecular complexity index is 288. The maximum atomic E-state index is 12.3. The van der Waals surface area contributed by atoms with E-state index < -0.39 is 12.1 Å². The number of aryl methyl sites for hydroxylation is 1. The summed E-state index contributed by atoms with van der Waals surface area (Å²) < 4.78 is 36.9. The van der Waals surface area contributed by atoms with E-state index >= 15 is 0 Å². The fourth-order valence-electron chi connectivity index (χ4n) is 1.25. The van der Waals surface area contributed by atoms with Crippen molar-refractivity contribution in [1.82, 2.24) is 0 Å². The zero-order valence-electron chi connectivity index (χ0n) is 7.52. The normalized spacial score (nSPS) is 14.2. The Hall–Kier alpha value is -0.990. The van der Waals surface area contributed by atoms with Gasteiger partial charge in [0.25, 0.3) is 0 Å². The van der Waals surface area contributed by atoms with Crippen molar-refractivity contribution in [3.05, 3.63) is 35.4 Å². The maximum Gasteiger partial charge on any atom is 0.395 e. The van der Waals surface area contributed by atoms with Crippen molar-refractivity contribution < 1.29 is 13.2 Å². The van der Waals surface area contributed by atoms with Crippen LogP contribution in [0.15, 0.2) is 24.3 Å². The molecule has 0 saturated heterocycles. The predicted molar refractivity (Wildman–Crippen MR) is 45.6 cm³/mol. The molecule has 0 saturated carbocycles. The second-order valence-corrected chi connectivity index (χ2v) is 3.12. The zero-order chi connectivity index (χ0) is 10.1. The van der Waals surface area contributed by atoms with Gasteiger partial charge in [-0.2, -0.15) is 13.2 Å². The summed E-state index contributed by atoms with van der Waals surface area (Å²) in [4.78, 5) is 0. The molecular formula is C10H11F3. The minimum Gasteiger partial charge on any atom is -0.170 e. The number of alkyl halides is 3. The Labute approximate surface area is 75.4 Å². The minimum atomic E-state index is -4.15. The molecule has 0 heterocycles. The molecule has 1 rings (SSSR count). The molecule has 0 nitrogen and oxygen atoms in total. The van der Waals surface area contributed by atoms with Crippen molar-refractivity contribution in [3.8, 4) is 0 Å². The van der Waals surface area contributed by atoms with E-state index in [1.807, 2.05) is 0 Å². The van der Waals surface area contributed by atoms with Gasteiger partial charge in [-0.1, -0.05) is 24.3 Å². The molecule has 1 aromatic rings. The zero-order valence-corrected chi connectivity index (χ0v) is 7.52. The molecule has 1 aromatic carbocycles. The summed E-state index contributed by atoms with van der Waals surface area (Å²) in [6.07, 6.45) is -4.15. The Balaban J connectivity index is 3.02. The third kappa shape index (κ3) is 2.23. The van der Waals surface area contributed by atoms with E-state index in [-0.39, 0.29) is 0 Å². The highest BCUT2D eigenvalue weighted by molar-refractivity contribution is 5.29. The molecule has 0 aliphatic rings. The van der Waals surface area contributed by atoms with Crippen molar-refractivity contribution in [3.63, 3.8) is 0 Å². The van der Waals surface area contributed by atoms with Crippen LogP contribution in [0.25, 0.3) is 0 Å². The molecule has 3 heteroatoms. The largest absolute Gasteiger partial charge is 0.395 e. The summed E-state index contributed by atoms with van der Waals surface area (Å²) in [5.41, 5.74) is 1.04. The van der Waals surface area contributed by atoms with E-state index in [4.69, 9.17) is 0 Å². The number of hydrogen-bond donors (Lipinski definition) is 0. The Kier molecular flexibility index (Phi) is 2.64. The maximum absolute atomic E-state index is 12.3. The summed E-state index contributed by atoms with van der Waals surface area (Å²) in [6.45, 7) is 2.87. The molecule has 0 aliphatic carbocycles. The second-order valence-electron chi connectivity index (χ2n) is 3.12. The molecular weight excluding hydrogens is 177 g/mol. The quantitative estimate of drug-likeness (QED) is 0.630. The van der Waals surface area contributed by atoms with Crippen LogP contribution in [-0.2, 0) is 0 Å². The average Bonchev–Trinajstić information content (AvgIpc) is 2.02. The second kappa shape index (κ2) is 3.40. The van der Waals surface area contributed by atoms with Crippen LogP contribution in [0.3, 0.4) is 0 Å². The molecule has 1 atom stereocenters. The monoisotopic (exact) mass is 188 g/mol. The van der Waals surface area contributed by atoms with Gasteiger partial charge in [0.2, 0.25) is 0 Å². The van der Waals surface area contributed by atoms with Gasteiger partial charge in [-0.25, -0.2) is 0 Å². The highest BCUT2D eigenvalue weighted by Gasteiger charge is 2.37. The lowest BCUT2D eigenvalue weighted by Gasteiger charge is -2.17. The minimum absolute atomic E-state index is 0.356. The molecule has 0 bridgehead atoms. The van der Waals surface area contributed by atoms with Gasteiger partial charge in [0.05, 0.1) is 5.92 Å². The lowest BCUT2D eigenvalue weighted by Crippen LogP contribution is -2.18. The van der Waals surface area contributed by atoms with Crippen LogP contribution in [0.1, 0.15) is 24.0 Å². The molecule has 1 unspecified atom stereocenters. The molecule has 0 amide bonds. The van der Waals surface area contributed by atoms with E-state index in [1.54, 1.807) is 25.1 Å². The molecule has 0 N–H and O–H groups in total. The molecule has 0 spiro atoms. The Morgan fingerprint density at radius 2 is 1.69 bits per heavy atom. The standard InChI is InChI=1S/C10H11F3/c1-7-5-3-4-6-9(7)8(2)10(11,12)13/h3-6,8H,1-2H3. The summed E-state index contributed by atoms with van der Waals surface area (Å²) in [7, 11) is 0. The summed E-state index contributed by atoms with van der Waals surface area (Å²) >= 11 is 0. The Morgan fingerprint density at radius 3 is 2.15 bits per heavy atom. The fourth-order valence-corrected chi connectivity index (χ4v) is 1.25. The molecule has 0 fully saturated rings. The number of halogens is 3. The van der Waals surface area contributed by atoms with Gasteiger partial charge < -0.3 is 0 Å². The van der Waals surface area contributed by atoms with Gasteiger partial charge in [-0.15, -0.1) is 0 Å². The first-order chi connectivity index (χ1) is 5.93. The predicted octanol–water partition coefficient (Wildman–Crippen LogP) is 3.66. The molecule has 72 valence electrons. The third-order valence-corrected chi connectivity index (χ3v) is 2.15. The molecule has 0 radical (unpaired) electrons. The first kappa shape index (κ1) is 10.1. The van der Waals surface area contributed by atoms with Crippen LogP contribution in [0, 0.1) is 6.92 Å². The lowest BCUT2D eigenvalue weighted by atomic mass is 9.96. The highest BCUT2D eigenvalue weighted by Crippen LogP contribution is 2.35. The van der Waals surface area contributed by atoms with Crippen LogP contribution in [0.5, 0.6) is 0 Å². The molecule has 13 heavy (non-hydrogen) atoms. The fraction of sp³-hybridized carbons (Fsp3) is 0.400. The van der Waals surface area contributed by atoms with E-state index in [1.165, 1.54) is 13.0 Å². The first-order valence-electron chi connectivity index (χ1n) is 4.05. The van der Waals surface area contributed by atoms with Crippen LogP contribution < -0.4 is 0 Å². The first-order valence-corrected chi connectivity index (χ1v) is 4.05. The molecule has 0 aliphatic heterocycles. The summed E-state index contributed by atoms with van der Waals surface area (Å²) in [6, 6.07) is 6.58. The van der Waals surface area contributed by atoms with Gasteiger partial charge in [-0.05, 0) is 25.0 Å². The van der Waals surface area contributed by atoms with Crippen molar-refractivity contribution in [2.75, 3.05) is 0 Å². The van der Waals surface area contributed by atoms with E-state index in [0.717, 1.165) is 0 Å². The van der Waals surface area contributed by atoms with Crippen molar-refractivity contribution in [2.45, 2.75) is 25.9 Å². The van der Waals surface area contributed by atoms with Crippen LogP contribution in [0.2, 0.25) is 0 Å². The SMILES string of the molecule is Cc1ccccc1C(C)C(F)(F)F. The van der Waals surface area contributed by atoms with Crippen molar-refractivity contribution >= 4 is 0 Å². The molecule has 0 aromatic heterocycles. The number of hydrogen-bond acceptors (Lipinski definition) is 0. The van der Waals surface area contributed by atoms with Crippen molar-refractivity contribution in [2.24, 2.45) is 0 Å². The number of rotatable bonds is 1. The van der Waals surface area contributed by atoms with Crippen LogP contribution in [0.4, 0.5) is 13.2 Å². The van der Waals surface area contributed by atoms with Crippen LogP contribution in [-0.4, -0.2) is 6.18 Å². The van der Waals surface area contributed by atoms with E-state index in [2.05, 4.69) is 0 Å².